The van der Waals surface area contributed by atoms with Gasteiger partial charge in [0.05, 0.1) is 0 Å². The fourth-order valence-electron chi connectivity index (χ4n) is 0. The molecule has 0 aliphatic rings. The maximum absolute atomic E-state index is 8.63. The second kappa shape index (κ2) is 19.1. The summed E-state index contributed by atoms with van der Waals surface area (Å²) in [6.45, 7) is 0. The predicted octanol–water partition coefficient (Wildman–Crippen LogP) is -5.74. The molecule has 0 rings (SSSR count). The predicted molar refractivity (Wildman–Crippen MR) is 73.1 cm³/mol. The largest absolute Gasteiger partial charge is 3.00 e. The van der Waals surface area contributed by atoms with E-state index in [1.54, 1.807) is 0 Å². The van der Waals surface area contributed by atoms with Gasteiger partial charge in [-0.15, -0.1) is 0 Å². The minimum Gasteiger partial charge on any atom is -0.726 e. The van der Waals surface area contributed by atoms with Crippen molar-refractivity contribution in [3.8, 4) is 0 Å². The Labute approximate surface area is 193 Å². The van der Waals surface area contributed by atoms with E-state index in [4.69, 9.17) is 87.6 Å². The van der Waals surface area contributed by atoms with Crippen molar-refractivity contribution in [1.82, 2.24) is 0 Å². The van der Waals surface area contributed by atoms with Crippen LogP contribution in [0.2, 0.25) is 0 Å². The van der Waals surface area contributed by atoms with E-state index in [1.165, 1.54) is 0 Å². The van der Waals surface area contributed by atoms with Crippen molar-refractivity contribution in [1.29, 1.82) is 0 Å². The van der Waals surface area contributed by atoms with E-state index in [0.29, 0.717) is 0 Å². The van der Waals surface area contributed by atoms with Gasteiger partial charge in [0, 0.05) is 0 Å². The molecule has 20 nitrogen and oxygen atoms in total. The molecule has 0 aliphatic heterocycles. The van der Waals surface area contributed by atoms with Gasteiger partial charge in [-0.05, 0) is 0 Å². The zero-order chi connectivity index (χ0) is 22.5. The van der Waals surface area contributed by atoms with Gasteiger partial charge in [0.15, 0.2) is 0 Å². The zero-order valence-electron chi connectivity index (χ0n) is 11.7. The molecule has 0 aromatic rings. The minimum absolute atomic E-state index is 0. The van der Waals surface area contributed by atoms with Gasteiger partial charge in [-0.2, -0.15) is 0 Å². The maximum atomic E-state index is 8.63. The van der Waals surface area contributed by atoms with E-state index >= 15 is 0 Å². The molecule has 0 heterocycles. The van der Waals surface area contributed by atoms with Crippen LogP contribution in [-0.2, 0) is 52.0 Å². The first-order valence-electron chi connectivity index (χ1n) is 3.41. The van der Waals surface area contributed by atoms with Crippen molar-refractivity contribution in [2.45, 2.75) is 0 Å². The Morgan fingerprint density at radius 2 is 0.370 bits per heavy atom. The van der Waals surface area contributed by atoms with Gasteiger partial charge in [-0.3, -0.25) is 22.8 Å². The van der Waals surface area contributed by atoms with Crippen molar-refractivity contribution in [2.75, 3.05) is 0 Å². The van der Waals surface area contributed by atoms with Gasteiger partial charge >= 0.3 is 55.1 Å². The normalized spacial score (nSPS) is 10.7. The third-order valence-corrected chi connectivity index (χ3v) is 0. The molecule has 0 aromatic carbocycles. The molecule has 0 spiro atoms. The van der Waals surface area contributed by atoms with Gasteiger partial charge in [0.1, 0.15) is 0 Å². The van der Waals surface area contributed by atoms with Crippen LogP contribution in [0.3, 0.4) is 0 Å². The molecule has 0 bridgehead atoms. The van der Waals surface area contributed by atoms with Crippen LogP contribution in [0.25, 0.3) is 0 Å². The Morgan fingerprint density at radius 3 is 0.370 bits per heavy atom. The smallest absolute Gasteiger partial charge is 0.726 e. The molecule has 27 heavy (non-hydrogen) atoms. The Balaban J connectivity index is -0.0000000364. The SMILES string of the molecule is O=S(=O)([O-])O.O=S(=O)([O-])O.O=S(=O)([O-])O.O=S(=O)([O-])O.O=S(=O)([O-])O.[Al+3].[Ca+2]. The van der Waals surface area contributed by atoms with Crippen LogP contribution in [-0.4, -0.2) is 143 Å². The minimum atomic E-state index is -4.92. The van der Waals surface area contributed by atoms with Crippen LogP contribution in [0.1, 0.15) is 0 Å². The van der Waals surface area contributed by atoms with E-state index < -0.39 is 52.0 Å². The van der Waals surface area contributed by atoms with E-state index in [1.807, 2.05) is 0 Å². The Morgan fingerprint density at radius 1 is 0.370 bits per heavy atom. The number of hydrogen-bond donors (Lipinski definition) is 5. The first kappa shape index (κ1) is 46.4. The number of hydrogen-bond acceptors (Lipinski definition) is 15. The molecule has 0 aromatic heterocycles. The van der Waals surface area contributed by atoms with Crippen LogP contribution in [0.15, 0.2) is 0 Å². The molecule has 0 saturated carbocycles. The molecular weight excluding hydrogens is 547 g/mol. The summed E-state index contributed by atoms with van der Waals surface area (Å²) < 4.78 is 164. The number of rotatable bonds is 0. The van der Waals surface area contributed by atoms with Crippen LogP contribution >= 0.6 is 0 Å². The second-order valence-corrected chi connectivity index (χ2v) is 6.42. The molecule has 0 atom stereocenters. The van der Waals surface area contributed by atoms with Crippen LogP contribution in [0, 0.1) is 0 Å². The Kier molecular flexibility index (Phi) is 32.9. The van der Waals surface area contributed by atoms with E-state index in [-0.39, 0.29) is 55.1 Å². The van der Waals surface area contributed by atoms with E-state index in [2.05, 4.69) is 0 Å². The summed E-state index contributed by atoms with van der Waals surface area (Å²) in [5, 5.41) is 0. The van der Waals surface area contributed by atoms with Gasteiger partial charge < -0.3 is 22.8 Å². The molecule has 0 unspecified atom stereocenters. The third-order valence-electron chi connectivity index (χ3n) is 0. The van der Waals surface area contributed by atoms with Crippen LogP contribution in [0.5, 0.6) is 0 Å². The monoisotopic (exact) mass is 552 g/mol. The Bertz CT molecular complexity index is 621. The third kappa shape index (κ3) is 13200. The van der Waals surface area contributed by atoms with Gasteiger partial charge in [-0.1, -0.05) is 0 Å². The Hall–Kier alpha value is 1.14. The van der Waals surface area contributed by atoms with Gasteiger partial charge in [0.25, 0.3) is 0 Å². The van der Waals surface area contributed by atoms with E-state index in [9.17, 15) is 0 Å². The van der Waals surface area contributed by atoms with Crippen LogP contribution in [0.4, 0.5) is 0 Å². The average molecular weight is 552 g/mol. The van der Waals surface area contributed by atoms with Crippen molar-refractivity contribution >= 4 is 107 Å². The first-order chi connectivity index (χ1) is 10.0. The molecule has 0 fully saturated rings. The van der Waals surface area contributed by atoms with Crippen molar-refractivity contribution in [2.24, 2.45) is 0 Å². The molecule has 160 valence electrons. The summed E-state index contributed by atoms with van der Waals surface area (Å²) in [5.41, 5.74) is 0. The zero-order valence-corrected chi connectivity index (χ0v) is 19.1. The standard InChI is InChI=1S/Al.Ca.5H2O4S/c;;5*1-5(2,3)4/h;;5*(H2,1,2,3,4)/q+3;+2;;;;;/p-5. The summed E-state index contributed by atoms with van der Waals surface area (Å²) in [4.78, 5) is 0. The summed E-state index contributed by atoms with van der Waals surface area (Å²) in [7, 11) is -24.6. The van der Waals surface area contributed by atoms with Crippen LogP contribution < -0.4 is 0 Å². The molecule has 5 N–H and O–H groups in total. The fourth-order valence-corrected chi connectivity index (χ4v) is 0. The second-order valence-electron chi connectivity index (χ2n) is 2.14. The summed E-state index contributed by atoms with van der Waals surface area (Å²) >= 11 is 0. The molecule has 0 saturated heterocycles. The maximum Gasteiger partial charge on any atom is 3.00 e. The van der Waals surface area contributed by atoms with Gasteiger partial charge in [0.2, 0.25) is 52.0 Å². The summed E-state index contributed by atoms with van der Waals surface area (Å²) in [5.74, 6) is 0. The first-order valence-corrected chi connectivity index (χ1v) is 10.2. The summed E-state index contributed by atoms with van der Waals surface area (Å²) in [6.07, 6.45) is 0. The van der Waals surface area contributed by atoms with Crippen molar-refractivity contribution < 1.29 is 87.6 Å². The topological polar surface area (TPSA) is 387 Å². The molecular formula is H5AlCaO20S5. The molecule has 0 amide bonds. The van der Waals surface area contributed by atoms with Crippen molar-refractivity contribution in [3.63, 3.8) is 0 Å². The molecule has 0 radical (unpaired) electrons. The fraction of sp³-hybridized carbons (Fsp3) is 0. The quantitative estimate of drug-likeness (QED) is 0.106. The summed E-state index contributed by atoms with van der Waals surface area (Å²) in [6, 6.07) is 0. The molecule has 27 heteroatoms. The van der Waals surface area contributed by atoms with Gasteiger partial charge in [-0.25, -0.2) is 42.1 Å². The average Bonchev–Trinajstić information content (AvgIpc) is 1.79. The van der Waals surface area contributed by atoms with Crippen molar-refractivity contribution in [3.05, 3.63) is 0 Å². The molecule has 0 aliphatic carbocycles. The van der Waals surface area contributed by atoms with E-state index in [0.717, 1.165) is 0 Å².